The van der Waals surface area contributed by atoms with Crippen LogP contribution in [0.3, 0.4) is 0 Å². The highest BCUT2D eigenvalue weighted by molar-refractivity contribution is 5.92. The third-order valence-electron chi connectivity index (χ3n) is 4.58. The van der Waals surface area contributed by atoms with Gasteiger partial charge >= 0.3 is 0 Å². The van der Waals surface area contributed by atoms with Crippen LogP contribution >= 0.6 is 0 Å². The van der Waals surface area contributed by atoms with Crippen LogP contribution in [0.15, 0.2) is 48.5 Å². The van der Waals surface area contributed by atoms with E-state index in [9.17, 15) is 0 Å². The first kappa shape index (κ1) is 16.3. The van der Waals surface area contributed by atoms with Gasteiger partial charge in [-0.25, -0.2) is 0 Å². The molecule has 0 unspecified atom stereocenters. The number of aryl methyl sites for hydroxylation is 4. The molecular formula is C22H24N2. The van der Waals surface area contributed by atoms with Gasteiger partial charge in [0.15, 0.2) is 0 Å². The molecule has 2 aromatic carbocycles. The van der Waals surface area contributed by atoms with Crippen molar-refractivity contribution >= 4 is 11.6 Å². The molecule has 0 saturated heterocycles. The summed E-state index contributed by atoms with van der Waals surface area (Å²) in [7, 11) is 2.00. The molecule has 122 valence electrons. The lowest BCUT2D eigenvalue weighted by molar-refractivity contribution is 0.731. The summed E-state index contributed by atoms with van der Waals surface area (Å²) >= 11 is 0. The lowest BCUT2D eigenvalue weighted by Gasteiger charge is -2.10. The zero-order chi connectivity index (χ0) is 17.3. The van der Waals surface area contributed by atoms with Gasteiger partial charge < -0.3 is 0 Å². The van der Waals surface area contributed by atoms with Crippen LogP contribution in [0.25, 0.3) is 11.6 Å². The molecule has 0 fully saturated rings. The molecule has 2 heteroatoms. The van der Waals surface area contributed by atoms with Crippen molar-refractivity contribution in [1.29, 1.82) is 0 Å². The van der Waals surface area contributed by atoms with Crippen molar-refractivity contribution in [1.82, 2.24) is 9.78 Å². The summed E-state index contributed by atoms with van der Waals surface area (Å²) in [5.41, 5.74) is 9.68. The van der Waals surface area contributed by atoms with Crippen molar-refractivity contribution < 1.29 is 0 Å². The van der Waals surface area contributed by atoms with E-state index in [-0.39, 0.29) is 0 Å². The van der Waals surface area contributed by atoms with Gasteiger partial charge in [-0.1, -0.05) is 59.7 Å². The summed E-state index contributed by atoms with van der Waals surface area (Å²) in [6.45, 7) is 8.43. The smallest absolute Gasteiger partial charge is 0.0668 e. The van der Waals surface area contributed by atoms with E-state index in [4.69, 9.17) is 0 Å². The van der Waals surface area contributed by atoms with E-state index in [0.717, 1.165) is 5.69 Å². The minimum atomic E-state index is 1.06. The van der Waals surface area contributed by atoms with Crippen molar-refractivity contribution in [3.05, 3.63) is 87.7 Å². The molecule has 1 aromatic heterocycles. The maximum atomic E-state index is 4.55. The van der Waals surface area contributed by atoms with Gasteiger partial charge in [0.2, 0.25) is 0 Å². The molecule has 24 heavy (non-hydrogen) atoms. The number of aromatic nitrogens is 2. The normalized spacial score (nSPS) is 10.7. The zero-order valence-electron chi connectivity index (χ0n) is 15.1. The fourth-order valence-electron chi connectivity index (χ4n) is 2.94. The Labute approximate surface area is 144 Å². The Morgan fingerprint density at radius 1 is 0.792 bits per heavy atom. The fourth-order valence-corrected chi connectivity index (χ4v) is 2.94. The molecule has 0 aliphatic heterocycles. The van der Waals surface area contributed by atoms with Crippen LogP contribution in [0.1, 0.15) is 39.2 Å². The Hall–Kier alpha value is -2.61. The van der Waals surface area contributed by atoms with Crippen LogP contribution in [0, 0.1) is 27.7 Å². The van der Waals surface area contributed by atoms with Crippen LogP contribution in [0.4, 0.5) is 0 Å². The third kappa shape index (κ3) is 3.18. The van der Waals surface area contributed by atoms with Crippen molar-refractivity contribution in [2.24, 2.45) is 7.05 Å². The fraction of sp³-hybridized carbons (Fsp3) is 0.227. The maximum Gasteiger partial charge on any atom is 0.0668 e. The maximum absolute atomic E-state index is 4.55. The Morgan fingerprint density at radius 3 is 1.62 bits per heavy atom. The first-order valence-electron chi connectivity index (χ1n) is 8.31. The molecule has 0 atom stereocenters. The van der Waals surface area contributed by atoms with Gasteiger partial charge in [-0.2, -0.15) is 5.10 Å². The summed E-state index contributed by atoms with van der Waals surface area (Å²) in [5.74, 6) is 0. The summed E-state index contributed by atoms with van der Waals surface area (Å²) in [6.07, 6.45) is 2.27. The second kappa shape index (κ2) is 6.48. The number of hydrogen-bond acceptors (Lipinski definition) is 1. The summed E-state index contributed by atoms with van der Waals surface area (Å²) < 4.78 is 1.95. The van der Waals surface area contributed by atoms with Crippen LogP contribution in [0.2, 0.25) is 0 Å². The Balaban J connectivity index is 2.19. The summed E-state index contributed by atoms with van der Waals surface area (Å²) in [6, 6.07) is 17.5. The molecular weight excluding hydrogens is 292 g/mol. The van der Waals surface area contributed by atoms with E-state index in [1.165, 1.54) is 39.1 Å². The second-order valence-corrected chi connectivity index (χ2v) is 6.50. The summed E-state index contributed by atoms with van der Waals surface area (Å²) in [5, 5.41) is 4.55. The van der Waals surface area contributed by atoms with Gasteiger partial charge in [-0.3, -0.25) is 4.68 Å². The zero-order valence-corrected chi connectivity index (χ0v) is 15.1. The molecule has 2 nitrogen and oxygen atoms in total. The lowest BCUT2D eigenvalue weighted by atomic mass is 9.94. The molecule has 0 bridgehead atoms. The van der Waals surface area contributed by atoms with Crippen molar-refractivity contribution in [3.63, 3.8) is 0 Å². The van der Waals surface area contributed by atoms with Gasteiger partial charge in [0, 0.05) is 18.3 Å². The van der Waals surface area contributed by atoms with E-state index in [2.05, 4.69) is 87.4 Å². The molecule has 0 N–H and O–H groups in total. The number of nitrogens with zero attached hydrogens (tertiary/aromatic N) is 2. The molecule has 0 amide bonds. The van der Waals surface area contributed by atoms with Gasteiger partial charge in [0.1, 0.15) is 0 Å². The largest absolute Gasteiger partial charge is 0.272 e. The number of benzene rings is 2. The van der Waals surface area contributed by atoms with Crippen LogP contribution in [-0.4, -0.2) is 9.78 Å². The number of rotatable bonds is 3. The lowest BCUT2D eigenvalue weighted by Crippen LogP contribution is -1.93. The highest BCUT2D eigenvalue weighted by Crippen LogP contribution is 2.28. The van der Waals surface area contributed by atoms with Gasteiger partial charge in [0.05, 0.1) is 5.69 Å². The highest BCUT2D eigenvalue weighted by atomic mass is 15.3. The van der Waals surface area contributed by atoms with Crippen LogP contribution in [0.5, 0.6) is 0 Å². The van der Waals surface area contributed by atoms with E-state index >= 15 is 0 Å². The van der Waals surface area contributed by atoms with E-state index in [1.807, 2.05) is 11.7 Å². The first-order chi connectivity index (χ1) is 11.5. The van der Waals surface area contributed by atoms with Crippen molar-refractivity contribution in [3.8, 4) is 0 Å². The van der Waals surface area contributed by atoms with Gasteiger partial charge in [0.25, 0.3) is 0 Å². The minimum absolute atomic E-state index is 1.06. The Bertz CT molecular complexity index is 831. The number of hydrogen-bond donors (Lipinski definition) is 0. The Kier molecular flexibility index (Phi) is 4.39. The predicted octanol–water partition coefficient (Wildman–Crippen LogP) is 5.24. The quantitative estimate of drug-likeness (QED) is 0.646. The van der Waals surface area contributed by atoms with Crippen molar-refractivity contribution in [2.45, 2.75) is 27.7 Å². The molecule has 0 radical (unpaired) electrons. The van der Waals surface area contributed by atoms with Gasteiger partial charge in [-0.05, 0) is 50.5 Å². The molecule has 3 aromatic rings. The monoisotopic (exact) mass is 316 g/mol. The average Bonchev–Trinajstić information content (AvgIpc) is 2.80. The molecule has 1 heterocycles. The predicted molar refractivity (Wildman–Crippen MR) is 102 cm³/mol. The Morgan fingerprint density at radius 2 is 1.25 bits per heavy atom. The van der Waals surface area contributed by atoms with E-state index < -0.39 is 0 Å². The minimum Gasteiger partial charge on any atom is -0.272 e. The van der Waals surface area contributed by atoms with Crippen LogP contribution in [-0.2, 0) is 7.05 Å². The molecule has 0 aliphatic carbocycles. The molecule has 0 spiro atoms. The van der Waals surface area contributed by atoms with Crippen LogP contribution < -0.4 is 0 Å². The first-order valence-corrected chi connectivity index (χ1v) is 8.31. The third-order valence-corrected chi connectivity index (χ3v) is 4.58. The van der Waals surface area contributed by atoms with E-state index in [1.54, 1.807) is 0 Å². The molecule has 0 saturated carbocycles. The van der Waals surface area contributed by atoms with Crippen molar-refractivity contribution in [2.75, 3.05) is 0 Å². The SMILES string of the molecule is Cc1ccc(C(=Cc2c(C)nn(C)c2C)c2ccc(C)cc2)cc1. The topological polar surface area (TPSA) is 17.8 Å². The standard InChI is InChI=1S/C22H24N2/c1-15-6-10-19(11-7-15)22(20-12-8-16(2)9-13-20)14-21-17(3)23-24(5)18(21)4/h6-14H,1-5H3. The summed E-state index contributed by atoms with van der Waals surface area (Å²) in [4.78, 5) is 0. The second-order valence-electron chi connectivity index (χ2n) is 6.50. The van der Waals surface area contributed by atoms with E-state index in [0.29, 0.717) is 0 Å². The molecule has 0 aliphatic rings. The highest BCUT2D eigenvalue weighted by Gasteiger charge is 2.11. The molecule has 3 rings (SSSR count). The van der Waals surface area contributed by atoms with Gasteiger partial charge in [-0.15, -0.1) is 0 Å². The average molecular weight is 316 g/mol.